The molecule has 0 aliphatic rings. The summed E-state index contributed by atoms with van der Waals surface area (Å²) < 4.78 is 11.5. The number of carbonyl (C=O) groups is 1. The van der Waals surface area contributed by atoms with Crippen molar-refractivity contribution in [3.05, 3.63) is 59.2 Å². The van der Waals surface area contributed by atoms with E-state index in [1.54, 1.807) is 6.92 Å². The zero-order valence-electron chi connectivity index (χ0n) is 15.6. The summed E-state index contributed by atoms with van der Waals surface area (Å²) in [5, 5.41) is 2.93. The third kappa shape index (κ3) is 5.52. The van der Waals surface area contributed by atoms with Gasteiger partial charge in [0.1, 0.15) is 18.1 Å². The van der Waals surface area contributed by atoms with E-state index in [0.717, 1.165) is 16.9 Å². The van der Waals surface area contributed by atoms with Gasteiger partial charge in [0.05, 0.1) is 6.04 Å². The molecule has 0 saturated carbocycles. The van der Waals surface area contributed by atoms with Gasteiger partial charge in [0.25, 0.3) is 5.91 Å². The van der Waals surface area contributed by atoms with Gasteiger partial charge >= 0.3 is 0 Å². The minimum absolute atomic E-state index is 0.113. The standard InChI is InChI=1S/C21H27NO3/c1-14-10-11-19(12-16(14)3)25-18(5)21(23)22-17(4)13-24-20-9-7-6-8-15(20)2/h6-12,17-18H,13H2,1-5H3,(H,22,23)/t17-,18-/m0/s1. The van der Waals surface area contributed by atoms with Crippen LogP contribution in [0.2, 0.25) is 0 Å². The Hall–Kier alpha value is -2.49. The number of ether oxygens (including phenoxy) is 2. The van der Waals surface area contributed by atoms with Crippen molar-refractivity contribution in [2.75, 3.05) is 6.61 Å². The minimum Gasteiger partial charge on any atom is -0.491 e. The van der Waals surface area contributed by atoms with Gasteiger partial charge < -0.3 is 14.8 Å². The average Bonchev–Trinajstić information content (AvgIpc) is 2.57. The first-order valence-electron chi connectivity index (χ1n) is 8.59. The Kier molecular flexibility index (Phi) is 6.45. The molecule has 2 aromatic rings. The van der Waals surface area contributed by atoms with Crippen LogP contribution in [0.5, 0.6) is 11.5 Å². The van der Waals surface area contributed by atoms with Crippen molar-refractivity contribution in [3.63, 3.8) is 0 Å². The van der Waals surface area contributed by atoms with Crippen LogP contribution in [0.4, 0.5) is 0 Å². The maximum Gasteiger partial charge on any atom is 0.261 e. The first-order chi connectivity index (χ1) is 11.9. The van der Waals surface area contributed by atoms with E-state index in [9.17, 15) is 4.79 Å². The molecule has 0 aliphatic heterocycles. The highest BCUT2D eigenvalue weighted by Crippen LogP contribution is 2.18. The molecule has 1 amide bonds. The van der Waals surface area contributed by atoms with Crippen molar-refractivity contribution in [1.29, 1.82) is 0 Å². The van der Waals surface area contributed by atoms with Crippen LogP contribution in [-0.4, -0.2) is 24.7 Å². The third-order valence-corrected chi connectivity index (χ3v) is 4.13. The molecule has 0 heterocycles. The lowest BCUT2D eigenvalue weighted by Gasteiger charge is -2.20. The van der Waals surface area contributed by atoms with Gasteiger partial charge in [0.15, 0.2) is 6.10 Å². The molecular formula is C21H27NO3. The summed E-state index contributed by atoms with van der Waals surface area (Å²) in [6.07, 6.45) is -0.567. The fraction of sp³-hybridized carbons (Fsp3) is 0.381. The van der Waals surface area contributed by atoms with E-state index < -0.39 is 6.10 Å². The second kappa shape index (κ2) is 8.56. The predicted molar refractivity (Wildman–Crippen MR) is 100 cm³/mol. The van der Waals surface area contributed by atoms with Crippen molar-refractivity contribution < 1.29 is 14.3 Å². The van der Waals surface area contributed by atoms with E-state index in [4.69, 9.17) is 9.47 Å². The Labute approximate surface area is 150 Å². The van der Waals surface area contributed by atoms with Gasteiger partial charge in [-0.15, -0.1) is 0 Å². The molecule has 2 aromatic carbocycles. The maximum absolute atomic E-state index is 12.3. The van der Waals surface area contributed by atoms with Crippen molar-refractivity contribution in [1.82, 2.24) is 5.32 Å². The smallest absolute Gasteiger partial charge is 0.261 e. The van der Waals surface area contributed by atoms with Gasteiger partial charge in [-0.05, 0) is 69.5 Å². The predicted octanol–water partition coefficient (Wildman–Crippen LogP) is 3.96. The number of para-hydroxylation sites is 1. The zero-order chi connectivity index (χ0) is 18.4. The Balaban J connectivity index is 1.83. The lowest BCUT2D eigenvalue weighted by Crippen LogP contribution is -2.43. The van der Waals surface area contributed by atoms with Crippen LogP contribution in [0, 0.1) is 20.8 Å². The van der Waals surface area contributed by atoms with Crippen molar-refractivity contribution in [2.45, 2.75) is 46.8 Å². The van der Waals surface area contributed by atoms with Crippen LogP contribution in [-0.2, 0) is 4.79 Å². The number of amides is 1. The van der Waals surface area contributed by atoms with Crippen molar-refractivity contribution in [3.8, 4) is 11.5 Å². The summed E-state index contributed by atoms with van der Waals surface area (Å²) in [5.74, 6) is 1.39. The Morgan fingerprint density at radius 1 is 1.00 bits per heavy atom. The fourth-order valence-corrected chi connectivity index (χ4v) is 2.38. The maximum atomic E-state index is 12.3. The molecule has 0 saturated heterocycles. The molecule has 2 atom stereocenters. The van der Waals surface area contributed by atoms with E-state index in [2.05, 4.69) is 5.32 Å². The van der Waals surface area contributed by atoms with Gasteiger partial charge in [0, 0.05) is 0 Å². The highest BCUT2D eigenvalue weighted by Gasteiger charge is 2.17. The molecule has 0 radical (unpaired) electrons. The number of carbonyl (C=O) groups excluding carboxylic acids is 1. The number of nitrogens with one attached hydrogen (secondary N) is 1. The van der Waals surface area contributed by atoms with E-state index in [0.29, 0.717) is 12.4 Å². The van der Waals surface area contributed by atoms with Gasteiger partial charge in [-0.2, -0.15) is 0 Å². The molecule has 2 rings (SSSR count). The third-order valence-electron chi connectivity index (χ3n) is 4.13. The molecule has 0 aromatic heterocycles. The monoisotopic (exact) mass is 341 g/mol. The van der Waals surface area contributed by atoms with Gasteiger partial charge in [0.2, 0.25) is 0 Å². The first-order valence-corrected chi connectivity index (χ1v) is 8.59. The summed E-state index contributed by atoms with van der Waals surface area (Å²) in [6.45, 7) is 10.1. The quantitative estimate of drug-likeness (QED) is 0.829. The van der Waals surface area contributed by atoms with Crippen molar-refractivity contribution >= 4 is 5.91 Å². The lowest BCUT2D eigenvalue weighted by atomic mass is 10.1. The molecule has 0 aliphatic carbocycles. The van der Waals surface area contributed by atoms with Crippen molar-refractivity contribution in [2.24, 2.45) is 0 Å². The molecule has 0 fully saturated rings. The van der Waals surface area contributed by atoms with E-state index >= 15 is 0 Å². The SMILES string of the molecule is Cc1ccc(O[C@@H](C)C(=O)N[C@@H](C)COc2ccccc2C)cc1C. The van der Waals surface area contributed by atoms with Gasteiger partial charge in [-0.25, -0.2) is 0 Å². The summed E-state index contributed by atoms with van der Waals surface area (Å²) in [5.41, 5.74) is 3.42. The Bertz CT molecular complexity index is 727. The number of benzene rings is 2. The average molecular weight is 341 g/mol. The minimum atomic E-state index is -0.567. The highest BCUT2D eigenvalue weighted by atomic mass is 16.5. The van der Waals surface area contributed by atoms with Crippen LogP contribution in [0.25, 0.3) is 0 Å². The molecular weight excluding hydrogens is 314 g/mol. The van der Waals surface area contributed by atoms with Gasteiger partial charge in [-0.3, -0.25) is 4.79 Å². The highest BCUT2D eigenvalue weighted by molar-refractivity contribution is 5.81. The summed E-state index contributed by atoms with van der Waals surface area (Å²) in [7, 11) is 0. The van der Waals surface area contributed by atoms with E-state index in [-0.39, 0.29) is 11.9 Å². The van der Waals surface area contributed by atoms with Crippen LogP contribution < -0.4 is 14.8 Å². The number of hydrogen-bond acceptors (Lipinski definition) is 3. The molecule has 4 nitrogen and oxygen atoms in total. The Morgan fingerprint density at radius 2 is 1.72 bits per heavy atom. The zero-order valence-corrected chi connectivity index (χ0v) is 15.6. The van der Waals surface area contributed by atoms with Crippen LogP contribution in [0.15, 0.2) is 42.5 Å². The molecule has 25 heavy (non-hydrogen) atoms. The summed E-state index contributed by atoms with van der Waals surface area (Å²) in [4.78, 5) is 12.3. The van der Waals surface area contributed by atoms with Crippen LogP contribution in [0.1, 0.15) is 30.5 Å². The van der Waals surface area contributed by atoms with E-state index in [1.807, 2.05) is 70.2 Å². The summed E-state index contributed by atoms with van der Waals surface area (Å²) in [6, 6.07) is 13.5. The topological polar surface area (TPSA) is 47.6 Å². The number of rotatable bonds is 7. The molecule has 1 N–H and O–H groups in total. The lowest BCUT2D eigenvalue weighted by molar-refractivity contribution is -0.128. The second-order valence-electron chi connectivity index (χ2n) is 6.49. The van der Waals surface area contributed by atoms with E-state index in [1.165, 1.54) is 5.56 Å². The largest absolute Gasteiger partial charge is 0.491 e. The van der Waals surface area contributed by atoms with Crippen LogP contribution in [0.3, 0.4) is 0 Å². The molecule has 134 valence electrons. The van der Waals surface area contributed by atoms with Crippen LogP contribution >= 0.6 is 0 Å². The second-order valence-corrected chi connectivity index (χ2v) is 6.49. The Morgan fingerprint density at radius 3 is 2.40 bits per heavy atom. The molecule has 4 heteroatoms. The van der Waals surface area contributed by atoms with Gasteiger partial charge in [-0.1, -0.05) is 24.3 Å². The molecule has 0 unspecified atom stereocenters. The summed E-state index contributed by atoms with van der Waals surface area (Å²) >= 11 is 0. The first kappa shape index (κ1) is 18.8. The fourth-order valence-electron chi connectivity index (χ4n) is 2.38. The molecule has 0 bridgehead atoms. The normalized spacial score (nSPS) is 13.0. The number of aryl methyl sites for hydroxylation is 3. The number of hydrogen-bond donors (Lipinski definition) is 1. The molecule has 0 spiro atoms.